The molecule has 0 fully saturated rings. The number of nitrogens with one attached hydrogen (secondary N) is 1. The van der Waals surface area contributed by atoms with E-state index in [0.29, 0.717) is 10.9 Å². The van der Waals surface area contributed by atoms with Gasteiger partial charge in [-0.2, -0.15) is 13.2 Å². The van der Waals surface area contributed by atoms with Crippen molar-refractivity contribution in [2.45, 2.75) is 6.18 Å². The molecule has 0 amide bonds. The Hall–Kier alpha value is -2.31. The van der Waals surface area contributed by atoms with Gasteiger partial charge in [0.1, 0.15) is 24.1 Å². The second-order valence-electron chi connectivity index (χ2n) is 4.19. The maximum absolute atomic E-state index is 12.7. The summed E-state index contributed by atoms with van der Waals surface area (Å²) >= 11 is 0. The normalized spacial score (nSPS) is 13.2. The van der Waals surface area contributed by atoms with E-state index in [4.69, 9.17) is 15.9 Å². The minimum absolute atomic E-state index is 0.283. The topological polar surface area (TPSA) is 72.0 Å². The zero-order chi connectivity index (χ0) is 14.8. The molecule has 0 aliphatic heterocycles. The van der Waals surface area contributed by atoms with Gasteiger partial charge in [-0.25, -0.2) is 0 Å². The Labute approximate surface area is 112 Å². The molecule has 4 nitrogen and oxygen atoms in total. The lowest BCUT2D eigenvalue weighted by molar-refractivity contribution is -0.161. The number of benzene rings is 1. The van der Waals surface area contributed by atoms with Crippen molar-refractivity contribution in [1.82, 2.24) is 4.98 Å². The second-order valence-corrected chi connectivity index (χ2v) is 4.19. The number of pyridine rings is 1. The van der Waals surface area contributed by atoms with E-state index in [2.05, 4.69) is 4.98 Å². The summed E-state index contributed by atoms with van der Waals surface area (Å²) in [7, 11) is 0. The average Bonchev–Trinajstić information content (AvgIpc) is 2.37. The molecule has 1 aromatic heterocycles. The van der Waals surface area contributed by atoms with Crippen LogP contribution in [-0.4, -0.2) is 23.6 Å². The van der Waals surface area contributed by atoms with Gasteiger partial charge < -0.3 is 10.5 Å². The fraction of sp³-hybridized carbons (Fsp3) is 0.231. The molecular formula is C13H12F3N3O. The van der Waals surface area contributed by atoms with Gasteiger partial charge in [0.25, 0.3) is 0 Å². The molecule has 0 saturated carbocycles. The number of aromatic nitrogens is 1. The molecular weight excluding hydrogens is 271 g/mol. The van der Waals surface area contributed by atoms with E-state index in [-0.39, 0.29) is 5.75 Å². The Morgan fingerprint density at radius 1 is 1.30 bits per heavy atom. The number of rotatable bonds is 4. The summed E-state index contributed by atoms with van der Waals surface area (Å²) in [4.78, 5) is 4.08. The van der Waals surface area contributed by atoms with Crippen LogP contribution < -0.4 is 10.5 Å². The maximum atomic E-state index is 12.7. The standard InChI is InChI=1S/C13H12F3N3O/c14-13(15,16)9(12(17)18)7-20-11-5-1-4-10-8(11)3-2-6-19-10/h1-6,9H,7H2,(H3,17,18). The lowest BCUT2D eigenvalue weighted by atomic mass is 10.1. The number of alkyl halides is 3. The zero-order valence-corrected chi connectivity index (χ0v) is 10.3. The minimum Gasteiger partial charge on any atom is -0.492 e. The van der Waals surface area contributed by atoms with Gasteiger partial charge >= 0.3 is 6.18 Å². The summed E-state index contributed by atoms with van der Waals surface area (Å²) in [5.41, 5.74) is 5.59. The van der Waals surface area contributed by atoms with Crippen LogP contribution in [0.5, 0.6) is 5.75 Å². The first-order valence-corrected chi connectivity index (χ1v) is 5.77. The van der Waals surface area contributed by atoms with Gasteiger partial charge in [-0.3, -0.25) is 10.4 Å². The largest absolute Gasteiger partial charge is 0.492 e. The van der Waals surface area contributed by atoms with Crippen molar-refractivity contribution in [3.63, 3.8) is 0 Å². The highest BCUT2D eigenvalue weighted by molar-refractivity contribution is 5.85. The zero-order valence-electron chi connectivity index (χ0n) is 10.3. The highest BCUT2D eigenvalue weighted by Crippen LogP contribution is 2.29. The molecule has 1 aromatic carbocycles. The first kappa shape index (κ1) is 14.1. The Balaban J connectivity index is 2.22. The summed E-state index contributed by atoms with van der Waals surface area (Å²) in [5, 5.41) is 7.61. The molecule has 0 saturated heterocycles. The van der Waals surface area contributed by atoms with Crippen LogP contribution in [0.3, 0.4) is 0 Å². The SMILES string of the molecule is N=C(N)C(COc1cccc2ncccc12)C(F)(F)F. The number of ether oxygens (including phenoxy) is 1. The Bertz CT molecular complexity index is 622. The van der Waals surface area contributed by atoms with Gasteiger partial charge in [0.05, 0.1) is 5.52 Å². The van der Waals surface area contributed by atoms with E-state index in [1.165, 1.54) is 0 Å². The molecule has 1 heterocycles. The predicted molar refractivity (Wildman–Crippen MR) is 68.7 cm³/mol. The third kappa shape index (κ3) is 2.98. The Kier molecular flexibility index (Phi) is 3.78. The van der Waals surface area contributed by atoms with E-state index in [9.17, 15) is 13.2 Å². The van der Waals surface area contributed by atoms with Crippen LogP contribution in [0.25, 0.3) is 10.9 Å². The van der Waals surface area contributed by atoms with Gasteiger partial charge in [0, 0.05) is 11.6 Å². The van der Waals surface area contributed by atoms with Crippen LogP contribution in [0.2, 0.25) is 0 Å². The number of hydrogen-bond donors (Lipinski definition) is 2. The lowest BCUT2D eigenvalue weighted by Gasteiger charge is -2.19. The minimum atomic E-state index is -4.60. The molecule has 1 atom stereocenters. The molecule has 106 valence electrons. The van der Waals surface area contributed by atoms with Crippen LogP contribution in [0, 0.1) is 11.3 Å². The van der Waals surface area contributed by atoms with Crippen molar-refractivity contribution < 1.29 is 17.9 Å². The third-order valence-electron chi connectivity index (χ3n) is 2.78. The summed E-state index contributed by atoms with van der Waals surface area (Å²) in [6.07, 6.45) is -3.02. The monoisotopic (exact) mass is 283 g/mol. The summed E-state index contributed by atoms with van der Waals surface area (Å²) in [6, 6.07) is 8.29. The molecule has 2 aromatic rings. The van der Waals surface area contributed by atoms with Crippen LogP contribution in [0.4, 0.5) is 13.2 Å². The van der Waals surface area contributed by atoms with Crippen molar-refractivity contribution in [3.8, 4) is 5.75 Å². The van der Waals surface area contributed by atoms with E-state index >= 15 is 0 Å². The van der Waals surface area contributed by atoms with Crippen molar-refractivity contribution >= 4 is 16.7 Å². The first-order chi connectivity index (χ1) is 9.39. The van der Waals surface area contributed by atoms with Crippen molar-refractivity contribution in [3.05, 3.63) is 36.5 Å². The van der Waals surface area contributed by atoms with Crippen molar-refractivity contribution in [2.75, 3.05) is 6.61 Å². The molecule has 0 aliphatic carbocycles. The molecule has 0 aliphatic rings. The fourth-order valence-corrected chi connectivity index (χ4v) is 1.73. The number of nitrogens with two attached hydrogens (primary N) is 1. The van der Waals surface area contributed by atoms with Crippen molar-refractivity contribution in [2.24, 2.45) is 11.7 Å². The molecule has 7 heteroatoms. The van der Waals surface area contributed by atoms with Crippen LogP contribution in [-0.2, 0) is 0 Å². The maximum Gasteiger partial charge on any atom is 0.401 e. The van der Waals surface area contributed by atoms with Crippen LogP contribution >= 0.6 is 0 Å². The smallest absolute Gasteiger partial charge is 0.401 e. The molecule has 20 heavy (non-hydrogen) atoms. The van der Waals surface area contributed by atoms with Crippen molar-refractivity contribution in [1.29, 1.82) is 5.41 Å². The van der Waals surface area contributed by atoms with Gasteiger partial charge in [0.2, 0.25) is 0 Å². The number of amidine groups is 1. The van der Waals surface area contributed by atoms with Gasteiger partial charge in [-0.05, 0) is 24.3 Å². The van der Waals surface area contributed by atoms with E-state index in [1.807, 2.05) is 0 Å². The number of hydrogen-bond acceptors (Lipinski definition) is 3. The molecule has 2 rings (SSSR count). The van der Waals surface area contributed by atoms with Crippen LogP contribution in [0.1, 0.15) is 0 Å². The van der Waals surface area contributed by atoms with Crippen LogP contribution in [0.15, 0.2) is 36.5 Å². The highest BCUT2D eigenvalue weighted by Gasteiger charge is 2.42. The second kappa shape index (κ2) is 5.36. The fourth-order valence-electron chi connectivity index (χ4n) is 1.73. The first-order valence-electron chi connectivity index (χ1n) is 5.77. The molecule has 1 unspecified atom stereocenters. The predicted octanol–water partition coefficient (Wildman–Crippen LogP) is 2.73. The Morgan fingerprint density at radius 2 is 2.05 bits per heavy atom. The quantitative estimate of drug-likeness (QED) is 0.669. The molecule has 0 bridgehead atoms. The van der Waals surface area contributed by atoms with E-state index in [0.717, 1.165) is 0 Å². The van der Waals surface area contributed by atoms with Gasteiger partial charge in [0.15, 0.2) is 0 Å². The summed E-state index contributed by atoms with van der Waals surface area (Å²) in [6.45, 7) is -0.729. The number of nitrogens with zero attached hydrogens (tertiary/aromatic N) is 1. The van der Waals surface area contributed by atoms with Gasteiger partial charge in [-0.15, -0.1) is 0 Å². The lowest BCUT2D eigenvalue weighted by Crippen LogP contribution is -2.39. The summed E-state index contributed by atoms with van der Waals surface area (Å²) < 4.78 is 43.2. The molecule has 0 spiro atoms. The third-order valence-corrected chi connectivity index (χ3v) is 2.78. The average molecular weight is 283 g/mol. The number of fused-ring (bicyclic) bond motifs is 1. The van der Waals surface area contributed by atoms with E-state index < -0.39 is 24.5 Å². The molecule has 0 radical (unpaired) electrons. The summed E-state index contributed by atoms with van der Waals surface area (Å²) in [5.74, 6) is -2.80. The van der Waals surface area contributed by atoms with E-state index in [1.54, 1.807) is 36.5 Å². The molecule has 3 N–H and O–H groups in total. The highest BCUT2D eigenvalue weighted by atomic mass is 19.4. The van der Waals surface area contributed by atoms with Gasteiger partial charge in [-0.1, -0.05) is 6.07 Å². The number of halogens is 3. The Morgan fingerprint density at radius 3 is 2.70 bits per heavy atom.